The molecule has 2 heterocycles. The Morgan fingerprint density at radius 3 is 2.27 bits per heavy atom. The van der Waals surface area contributed by atoms with Gasteiger partial charge in [-0.1, -0.05) is 51.0 Å². The lowest BCUT2D eigenvalue weighted by Crippen LogP contribution is -2.45. The molecule has 0 aromatic heterocycles. The third kappa shape index (κ3) is 7.56. The minimum absolute atomic E-state index is 0.0187. The van der Waals surface area contributed by atoms with E-state index in [1.807, 2.05) is 24.3 Å². The van der Waals surface area contributed by atoms with Crippen LogP contribution in [0.4, 0.5) is 18.9 Å². The minimum Gasteiger partial charge on any atom is -0.478 e. The van der Waals surface area contributed by atoms with Gasteiger partial charge in [-0.15, -0.1) is 11.6 Å². The van der Waals surface area contributed by atoms with Gasteiger partial charge in [-0.25, -0.2) is 18.0 Å². The quantitative estimate of drug-likeness (QED) is 0.100. The van der Waals surface area contributed by atoms with Crippen molar-refractivity contribution in [3.63, 3.8) is 0 Å². The molecule has 2 aliphatic carbocycles. The Bertz CT molecular complexity index is 1780. The van der Waals surface area contributed by atoms with Crippen molar-refractivity contribution in [1.82, 2.24) is 10.2 Å². The molecule has 0 spiro atoms. The minimum atomic E-state index is -1.86. The molecular formula is C40H47ClF3N3O5. The molecule has 4 aliphatic rings. The van der Waals surface area contributed by atoms with Crippen molar-refractivity contribution in [1.29, 1.82) is 0 Å². The van der Waals surface area contributed by atoms with Crippen molar-refractivity contribution in [3.05, 3.63) is 92.8 Å². The summed E-state index contributed by atoms with van der Waals surface area (Å²) >= 11 is 5.68. The number of unbranched alkanes of at least 4 members (excludes halogenated alkanes) is 3. The molecular weight excluding hydrogens is 695 g/mol. The molecule has 280 valence electrons. The summed E-state index contributed by atoms with van der Waals surface area (Å²) < 4.78 is 59.5. The number of likely N-dealkylation sites (tertiary alicyclic amines) is 1. The average Bonchev–Trinajstić information content (AvgIpc) is 3.06. The molecule has 2 saturated heterocycles. The molecule has 2 aromatic carbocycles. The number of carbonyl (C=O) groups is 2. The molecule has 1 atom stereocenters. The molecule has 0 saturated carbocycles. The Morgan fingerprint density at radius 1 is 0.923 bits per heavy atom. The van der Waals surface area contributed by atoms with E-state index in [0.29, 0.717) is 30.2 Å². The summed E-state index contributed by atoms with van der Waals surface area (Å²) in [6, 6.07) is 5.69. The van der Waals surface area contributed by atoms with E-state index >= 15 is 13.2 Å². The van der Waals surface area contributed by atoms with Gasteiger partial charge in [-0.3, -0.25) is 9.69 Å². The Hall–Kier alpha value is -3.64. The molecule has 52 heavy (non-hydrogen) atoms. The van der Waals surface area contributed by atoms with Crippen LogP contribution < -0.4 is 10.2 Å². The molecule has 12 heteroatoms. The molecule has 1 unspecified atom stereocenters. The number of anilines is 1. The standard InChI is InChI=1S/C40H47ClF3N3O5/c1-40(2)29-23-25(46-15-7-16-46)9-11-27(29)31(28-12-10-26(24-30(28)40)47-17-8-18-47)32-33(39(49)50)36(43)37(44)34(35(32)42)38(48)45-14-20-52-22-21-51-19-6-4-3-5-13-41/h9-12,23-25H,3-8,13-22H2,1-2H3,(H,45,48)(H,49,50). The third-order valence-electron chi connectivity index (χ3n) is 10.6. The van der Waals surface area contributed by atoms with Gasteiger partial charge in [0.2, 0.25) is 0 Å². The number of amides is 1. The Balaban J connectivity index is 1.31. The van der Waals surface area contributed by atoms with Crippen molar-refractivity contribution in [2.75, 3.05) is 69.9 Å². The molecule has 6 rings (SSSR count). The van der Waals surface area contributed by atoms with E-state index in [2.05, 4.69) is 35.0 Å². The predicted octanol–water partition coefficient (Wildman–Crippen LogP) is 7.24. The number of fused-ring (bicyclic) bond motifs is 2. The second-order valence-corrected chi connectivity index (χ2v) is 14.6. The average molecular weight is 742 g/mol. The summed E-state index contributed by atoms with van der Waals surface area (Å²) in [6.07, 6.45) is 12.0. The van der Waals surface area contributed by atoms with Crippen molar-refractivity contribution in [2.24, 2.45) is 0 Å². The van der Waals surface area contributed by atoms with Crippen LogP contribution in [0, 0.1) is 17.5 Å². The Labute approximate surface area is 308 Å². The first-order valence-corrected chi connectivity index (χ1v) is 18.8. The van der Waals surface area contributed by atoms with Gasteiger partial charge < -0.3 is 24.8 Å². The number of aromatic carboxylic acids is 1. The SMILES string of the molecule is CC1(C)C2=CC(N3CCC3)C=CC2=C(c2c(F)c(C(=O)NCCOCCOCCCCCCCl)c(F)c(F)c2C(=O)O)c2ccc(N3CCC3)cc21. The van der Waals surface area contributed by atoms with Gasteiger partial charge in [0.15, 0.2) is 11.6 Å². The highest BCUT2D eigenvalue weighted by Crippen LogP contribution is 2.52. The molecule has 2 fully saturated rings. The summed E-state index contributed by atoms with van der Waals surface area (Å²) in [5.41, 5.74) is 0.122. The zero-order valence-electron chi connectivity index (χ0n) is 29.8. The molecule has 0 radical (unpaired) electrons. The number of rotatable bonds is 17. The normalized spacial score (nSPS) is 19.1. The van der Waals surface area contributed by atoms with Gasteiger partial charge in [0.05, 0.1) is 19.8 Å². The van der Waals surface area contributed by atoms with E-state index in [0.717, 1.165) is 81.5 Å². The molecule has 8 nitrogen and oxygen atoms in total. The van der Waals surface area contributed by atoms with Crippen LogP contribution in [0.1, 0.15) is 89.8 Å². The highest BCUT2D eigenvalue weighted by molar-refractivity contribution is 6.17. The topological polar surface area (TPSA) is 91.3 Å². The van der Waals surface area contributed by atoms with Gasteiger partial charge >= 0.3 is 5.97 Å². The van der Waals surface area contributed by atoms with Crippen molar-refractivity contribution < 1.29 is 37.3 Å². The fourth-order valence-electron chi connectivity index (χ4n) is 7.42. The Kier molecular flexibility index (Phi) is 12.1. The highest BCUT2D eigenvalue weighted by Gasteiger charge is 2.43. The molecule has 1 amide bonds. The number of hydrogen-bond donors (Lipinski definition) is 2. The summed E-state index contributed by atoms with van der Waals surface area (Å²) in [6.45, 7) is 8.86. The number of carboxylic acid groups (broad SMARTS) is 1. The summed E-state index contributed by atoms with van der Waals surface area (Å²) in [7, 11) is 0. The number of ether oxygens (including phenoxy) is 2. The van der Waals surface area contributed by atoms with Gasteiger partial charge in [-0.2, -0.15) is 0 Å². The van der Waals surface area contributed by atoms with E-state index in [4.69, 9.17) is 21.1 Å². The number of carboxylic acids is 1. The Morgan fingerprint density at radius 2 is 1.62 bits per heavy atom. The summed E-state index contributed by atoms with van der Waals surface area (Å²) in [5, 5.41) is 12.7. The van der Waals surface area contributed by atoms with Crippen molar-refractivity contribution in [3.8, 4) is 0 Å². The summed E-state index contributed by atoms with van der Waals surface area (Å²) in [5.74, 6) is -7.51. The first-order valence-electron chi connectivity index (χ1n) is 18.3. The first-order chi connectivity index (χ1) is 25.1. The van der Waals surface area contributed by atoms with Crippen molar-refractivity contribution in [2.45, 2.75) is 63.8 Å². The van der Waals surface area contributed by atoms with Gasteiger partial charge in [-0.05, 0) is 60.1 Å². The number of alkyl halides is 1. The van der Waals surface area contributed by atoms with Crippen LogP contribution in [-0.2, 0) is 14.9 Å². The lowest BCUT2D eigenvalue weighted by molar-refractivity contribution is 0.0468. The molecule has 2 aliphatic heterocycles. The van der Waals surface area contributed by atoms with Crippen LogP contribution >= 0.6 is 11.6 Å². The van der Waals surface area contributed by atoms with E-state index in [1.165, 1.54) is 0 Å². The van der Waals surface area contributed by atoms with Crippen LogP contribution in [0.25, 0.3) is 5.57 Å². The van der Waals surface area contributed by atoms with Gasteiger partial charge in [0, 0.05) is 73.5 Å². The van der Waals surface area contributed by atoms with E-state index in [1.54, 1.807) is 6.07 Å². The number of nitrogens with one attached hydrogen (secondary N) is 1. The van der Waals surface area contributed by atoms with E-state index in [9.17, 15) is 14.7 Å². The highest BCUT2D eigenvalue weighted by atomic mass is 35.5. The van der Waals surface area contributed by atoms with Crippen LogP contribution in [0.15, 0.2) is 47.6 Å². The second kappa shape index (κ2) is 16.6. The maximum absolute atomic E-state index is 16.9. The maximum Gasteiger partial charge on any atom is 0.339 e. The van der Waals surface area contributed by atoms with Gasteiger partial charge in [0.1, 0.15) is 16.9 Å². The number of hydrogen-bond acceptors (Lipinski definition) is 6. The van der Waals surface area contributed by atoms with Gasteiger partial charge in [0.25, 0.3) is 5.91 Å². The number of nitrogens with zero attached hydrogens (tertiary/aromatic N) is 2. The predicted molar refractivity (Wildman–Crippen MR) is 196 cm³/mol. The number of carbonyl (C=O) groups excluding carboxylic acids is 1. The first kappa shape index (κ1) is 38.1. The lowest BCUT2D eigenvalue weighted by atomic mass is 9.63. The maximum atomic E-state index is 16.9. The number of halogens is 4. The zero-order chi connectivity index (χ0) is 37.0. The number of allylic oxidation sites excluding steroid dienone is 3. The number of benzene rings is 2. The third-order valence-corrected chi connectivity index (χ3v) is 10.9. The van der Waals surface area contributed by atoms with E-state index in [-0.39, 0.29) is 31.4 Å². The largest absolute Gasteiger partial charge is 0.478 e. The summed E-state index contributed by atoms with van der Waals surface area (Å²) in [4.78, 5) is 30.5. The monoisotopic (exact) mass is 741 g/mol. The molecule has 0 bridgehead atoms. The molecule has 2 N–H and O–H groups in total. The fourth-order valence-corrected chi connectivity index (χ4v) is 7.61. The van der Waals surface area contributed by atoms with Crippen LogP contribution in [0.2, 0.25) is 0 Å². The lowest BCUT2D eigenvalue weighted by Gasteiger charge is -2.44. The smallest absolute Gasteiger partial charge is 0.339 e. The zero-order valence-corrected chi connectivity index (χ0v) is 30.6. The van der Waals surface area contributed by atoms with Crippen molar-refractivity contribution >= 4 is 34.7 Å². The van der Waals surface area contributed by atoms with Crippen LogP contribution in [0.5, 0.6) is 0 Å². The molecule has 2 aromatic rings. The van der Waals surface area contributed by atoms with Crippen LogP contribution in [0.3, 0.4) is 0 Å². The second-order valence-electron chi connectivity index (χ2n) is 14.3. The van der Waals surface area contributed by atoms with Crippen LogP contribution in [-0.4, -0.2) is 93.0 Å². The van der Waals surface area contributed by atoms with E-state index < -0.39 is 51.4 Å². The fraction of sp³-hybridized carbons (Fsp3) is 0.500.